The minimum Gasteiger partial charge on any atom is -0.381 e. The van der Waals surface area contributed by atoms with Gasteiger partial charge in [0.25, 0.3) is 15.6 Å². The highest BCUT2D eigenvalue weighted by molar-refractivity contribution is 8.08. The molecule has 0 atom stereocenters. The van der Waals surface area contributed by atoms with Gasteiger partial charge in [-0.2, -0.15) is 8.42 Å². The molecule has 0 radical (unpaired) electrons. The third-order valence-electron chi connectivity index (χ3n) is 4.66. The fraction of sp³-hybridized carbons (Fsp3) is 0.364. The highest BCUT2D eigenvalue weighted by Gasteiger charge is 2.40. The summed E-state index contributed by atoms with van der Waals surface area (Å²) >= 11 is 0. The first-order valence-corrected chi connectivity index (χ1v) is 13.0. The van der Waals surface area contributed by atoms with E-state index >= 15 is 0 Å². The lowest BCUT2D eigenvalue weighted by molar-refractivity contribution is -0.00159. The SMILES string of the molecule is CCCCS(=O)(=O)Oc1ccccc1S(=O)(=O)C(=[N+]=[N-])C(=O)c1ccc(C(C)(C)C)cc1. The molecule has 0 aromatic heterocycles. The van der Waals surface area contributed by atoms with Crippen LogP contribution in [0.5, 0.6) is 5.75 Å². The molecule has 0 aliphatic heterocycles. The van der Waals surface area contributed by atoms with Crippen molar-refractivity contribution in [2.24, 2.45) is 0 Å². The summed E-state index contributed by atoms with van der Waals surface area (Å²) in [4.78, 5) is 15.0. The zero-order valence-electron chi connectivity index (χ0n) is 18.4. The number of hydrogen-bond acceptors (Lipinski definition) is 6. The number of benzene rings is 2. The van der Waals surface area contributed by atoms with E-state index in [-0.39, 0.29) is 16.7 Å². The second-order valence-corrected chi connectivity index (χ2v) is 11.7. The Labute approximate surface area is 188 Å². The molecule has 172 valence electrons. The van der Waals surface area contributed by atoms with E-state index in [4.69, 9.17) is 4.18 Å². The standard InChI is InChI=1S/C22H26N2O6S2/c1-5-6-15-31(26,27)30-18-9-7-8-10-19(18)32(28,29)21(24-23)20(25)16-11-13-17(14-12-16)22(2,3)4/h7-14H,5-6,15H2,1-4H3. The predicted octanol–water partition coefficient (Wildman–Crippen LogP) is 3.78. The number of Topliss-reactive ketones (excluding diaryl/α,β-unsaturated/α-hetero) is 1. The van der Waals surface area contributed by atoms with Crippen molar-refractivity contribution in [3.8, 4) is 5.75 Å². The Morgan fingerprint density at radius 2 is 1.59 bits per heavy atom. The zero-order chi connectivity index (χ0) is 24.2. The molecule has 32 heavy (non-hydrogen) atoms. The first kappa shape index (κ1) is 25.5. The minimum atomic E-state index is -4.70. The summed E-state index contributed by atoms with van der Waals surface area (Å²) in [5.74, 6) is -1.80. The first-order valence-electron chi connectivity index (χ1n) is 9.97. The smallest absolute Gasteiger partial charge is 0.381 e. The van der Waals surface area contributed by atoms with Gasteiger partial charge in [0.15, 0.2) is 5.75 Å². The van der Waals surface area contributed by atoms with Crippen LogP contribution in [0.4, 0.5) is 0 Å². The zero-order valence-corrected chi connectivity index (χ0v) is 20.0. The number of carbonyl (C=O) groups is 1. The number of hydrogen-bond donors (Lipinski definition) is 0. The molecule has 0 N–H and O–H groups in total. The molecule has 0 unspecified atom stereocenters. The summed E-state index contributed by atoms with van der Waals surface area (Å²) in [6.45, 7) is 7.76. The van der Waals surface area contributed by atoms with Crippen LogP contribution in [0.25, 0.3) is 5.53 Å². The van der Waals surface area contributed by atoms with E-state index < -0.39 is 41.4 Å². The number of para-hydroxylation sites is 1. The second kappa shape index (κ2) is 9.77. The van der Waals surface area contributed by atoms with Crippen LogP contribution in [0.2, 0.25) is 0 Å². The molecule has 10 heteroatoms. The van der Waals surface area contributed by atoms with Crippen molar-refractivity contribution in [3.05, 3.63) is 65.2 Å². The summed E-state index contributed by atoms with van der Waals surface area (Å²) in [6.07, 6.45) is 0.940. The Balaban J connectivity index is 2.46. The molecule has 0 saturated carbocycles. The van der Waals surface area contributed by atoms with Crippen molar-refractivity contribution in [3.63, 3.8) is 0 Å². The number of nitrogens with zero attached hydrogens (tertiary/aromatic N) is 2. The van der Waals surface area contributed by atoms with Crippen molar-refractivity contribution >= 4 is 30.8 Å². The Hall–Kier alpha value is -2.81. The first-order chi connectivity index (χ1) is 14.8. The van der Waals surface area contributed by atoms with Crippen LogP contribution in [0.15, 0.2) is 53.4 Å². The van der Waals surface area contributed by atoms with E-state index in [0.29, 0.717) is 12.8 Å². The highest BCUT2D eigenvalue weighted by Crippen LogP contribution is 2.28. The molecule has 8 nitrogen and oxygen atoms in total. The summed E-state index contributed by atoms with van der Waals surface area (Å²) in [7, 11) is -8.75. The van der Waals surface area contributed by atoms with Gasteiger partial charge in [-0.1, -0.05) is 70.5 Å². The largest absolute Gasteiger partial charge is 0.457 e. The Morgan fingerprint density at radius 3 is 2.12 bits per heavy atom. The van der Waals surface area contributed by atoms with Crippen molar-refractivity contribution in [1.82, 2.24) is 0 Å². The van der Waals surface area contributed by atoms with Crippen LogP contribution < -0.4 is 4.18 Å². The number of unbranched alkanes of at least 4 members (excludes halogenated alkanes) is 1. The molecule has 0 spiro atoms. The topological polar surface area (TPSA) is 131 Å². The fourth-order valence-electron chi connectivity index (χ4n) is 2.81. The Morgan fingerprint density at radius 1 is 1.00 bits per heavy atom. The Kier molecular flexibility index (Phi) is 7.77. The van der Waals surface area contributed by atoms with E-state index in [0.717, 1.165) is 17.7 Å². The molecule has 0 heterocycles. The molecule has 0 aliphatic carbocycles. The van der Waals surface area contributed by atoms with E-state index in [1.54, 1.807) is 19.1 Å². The molecular formula is C22H26N2O6S2. The molecule has 2 rings (SSSR count). The molecular weight excluding hydrogens is 452 g/mol. The van der Waals surface area contributed by atoms with Gasteiger partial charge in [-0.3, -0.25) is 4.79 Å². The fourth-order valence-corrected chi connectivity index (χ4v) is 5.32. The van der Waals surface area contributed by atoms with Crippen LogP contribution in [-0.2, 0) is 25.4 Å². The van der Waals surface area contributed by atoms with Crippen LogP contribution >= 0.6 is 0 Å². The van der Waals surface area contributed by atoms with E-state index in [2.05, 4.69) is 4.79 Å². The quantitative estimate of drug-likeness (QED) is 0.142. The maximum atomic E-state index is 13.1. The van der Waals surface area contributed by atoms with Crippen molar-refractivity contribution in [2.45, 2.75) is 50.8 Å². The number of carbonyl (C=O) groups excluding carboxylic acids is 1. The maximum absolute atomic E-state index is 13.1. The van der Waals surface area contributed by atoms with Gasteiger partial charge in [0.2, 0.25) is 0 Å². The van der Waals surface area contributed by atoms with Gasteiger partial charge in [-0.25, -0.2) is 8.42 Å². The van der Waals surface area contributed by atoms with Gasteiger partial charge < -0.3 is 9.71 Å². The lowest BCUT2D eigenvalue weighted by atomic mass is 9.86. The van der Waals surface area contributed by atoms with Gasteiger partial charge in [-0.05, 0) is 29.5 Å². The molecule has 0 bridgehead atoms. The normalized spacial score (nSPS) is 12.1. The third-order valence-corrected chi connectivity index (χ3v) is 7.57. The van der Waals surface area contributed by atoms with Crippen LogP contribution in [0, 0.1) is 0 Å². The van der Waals surface area contributed by atoms with Crippen molar-refractivity contribution < 1.29 is 30.6 Å². The maximum Gasteiger partial charge on any atom is 0.457 e. The van der Waals surface area contributed by atoms with Gasteiger partial charge in [0.05, 0.1) is 5.75 Å². The lowest BCUT2D eigenvalue weighted by Crippen LogP contribution is -2.27. The van der Waals surface area contributed by atoms with Gasteiger partial charge in [-0.15, -0.1) is 4.79 Å². The average Bonchev–Trinajstić information content (AvgIpc) is 2.72. The van der Waals surface area contributed by atoms with Crippen molar-refractivity contribution in [2.75, 3.05) is 5.75 Å². The van der Waals surface area contributed by atoms with Gasteiger partial charge >= 0.3 is 15.2 Å². The van der Waals surface area contributed by atoms with E-state index in [9.17, 15) is 27.2 Å². The molecule has 2 aromatic carbocycles. The Bertz CT molecular complexity index is 1250. The van der Waals surface area contributed by atoms with Gasteiger partial charge in [0.1, 0.15) is 4.90 Å². The monoisotopic (exact) mass is 478 g/mol. The van der Waals surface area contributed by atoms with Crippen LogP contribution in [0.3, 0.4) is 0 Å². The van der Waals surface area contributed by atoms with Crippen LogP contribution in [0.1, 0.15) is 56.5 Å². The minimum absolute atomic E-state index is 0.00309. The molecule has 0 fully saturated rings. The lowest BCUT2D eigenvalue weighted by Gasteiger charge is -2.18. The second-order valence-electron chi connectivity index (χ2n) is 8.21. The van der Waals surface area contributed by atoms with E-state index in [1.165, 1.54) is 24.3 Å². The molecule has 0 aliphatic rings. The molecule has 2 aromatic rings. The number of rotatable bonds is 8. The summed E-state index contributed by atoms with van der Waals surface area (Å²) in [5, 5.41) is -1.14. The summed E-state index contributed by atoms with van der Waals surface area (Å²) in [5.41, 5.74) is 10.2. The summed E-state index contributed by atoms with van der Waals surface area (Å²) < 4.78 is 55.6. The number of sulfone groups is 1. The van der Waals surface area contributed by atoms with Crippen LogP contribution in [-0.4, -0.2) is 38.2 Å². The predicted molar refractivity (Wildman–Crippen MR) is 121 cm³/mol. The molecule has 0 saturated heterocycles. The average molecular weight is 479 g/mol. The van der Waals surface area contributed by atoms with Crippen molar-refractivity contribution in [1.29, 1.82) is 0 Å². The highest BCUT2D eigenvalue weighted by atomic mass is 32.2. The molecule has 0 amide bonds. The van der Waals surface area contributed by atoms with Gasteiger partial charge in [0, 0.05) is 5.56 Å². The third kappa shape index (κ3) is 5.91. The van der Waals surface area contributed by atoms with E-state index in [1.807, 2.05) is 20.8 Å². The number of ketones is 1. The summed E-state index contributed by atoms with van der Waals surface area (Å²) in [6, 6.07) is 11.2.